The van der Waals surface area contributed by atoms with Gasteiger partial charge < -0.3 is 5.43 Å². The summed E-state index contributed by atoms with van der Waals surface area (Å²) in [6.45, 7) is 6.85. The van der Waals surface area contributed by atoms with Crippen LogP contribution in [0.15, 0.2) is 5.10 Å². The molecule has 0 aromatic heterocycles. The maximum atomic E-state index is 4.46. The van der Waals surface area contributed by atoms with Gasteiger partial charge in [-0.25, -0.2) is 0 Å². The van der Waals surface area contributed by atoms with E-state index in [1.165, 1.54) is 31.4 Å². The zero-order valence-corrected chi connectivity index (χ0v) is 10.1. The predicted molar refractivity (Wildman–Crippen MR) is 62.5 cm³/mol. The molecule has 0 aromatic carbocycles. The van der Waals surface area contributed by atoms with Crippen LogP contribution in [0, 0.1) is 11.3 Å². The zero-order chi connectivity index (χ0) is 10.6. The van der Waals surface area contributed by atoms with Gasteiger partial charge in [0.2, 0.25) is 0 Å². The van der Waals surface area contributed by atoms with Crippen LogP contribution < -0.4 is 5.43 Å². The van der Waals surface area contributed by atoms with E-state index in [2.05, 4.69) is 31.3 Å². The maximum absolute atomic E-state index is 4.46. The van der Waals surface area contributed by atoms with Crippen LogP contribution in [0.4, 0.5) is 0 Å². The molecule has 1 N–H and O–H groups in total. The maximum Gasteiger partial charge on any atom is 0.0414 e. The molecule has 0 aliphatic heterocycles. The first-order valence-corrected chi connectivity index (χ1v) is 5.76. The lowest BCUT2D eigenvalue weighted by molar-refractivity contribution is 0.423. The lowest BCUT2D eigenvalue weighted by atomic mass is 9.84. The number of hydrazone groups is 1. The van der Waals surface area contributed by atoms with Crippen molar-refractivity contribution in [3.8, 4) is 0 Å². The van der Waals surface area contributed by atoms with E-state index in [1.54, 1.807) is 0 Å². The molecule has 2 heteroatoms. The zero-order valence-electron chi connectivity index (χ0n) is 10.1. The average molecular weight is 196 g/mol. The summed E-state index contributed by atoms with van der Waals surface area (Å²) in [5, 5.41) is 4.46. The molecule has 82 valence electrons. The van der Waals surface area contributed by atoms with Crippen LogP contribution in [-0.2, 0) is 0 Å². The molecule has 0 amide bonds. The summed E-state index contributed by atoms with van der Waals surface area (Å²) < 4.78 is 0. The lowest BCUT2D eigenvalue weighted by Crippen LogP contribution is -2.21. The summed E-state index contributed by atoms with van der Waals surface area (Å²) in [5.41, 5.74) is 4.70. The van der Waals surface area contributed by atoms with Crippen molar-refractivity contribution in [3.05, 3.63) is 0 Å². The lowest BCUT2D eigenvalue weighted by Gasteiger charge is -2.22. The Labute approximate surface area is 88.2 Å². The quantitative estimate of drug-likeness (QED) is 0.544. The van der Waals surface area contributed by atoms with Crippen LogP contribution in [-0.4, -0.2) is 12.8 Å². The molecule has 0 atom stereocenters. The molecule has 0 saturated heterocycles. The highest BCUT2D eigenvalue weighted by Gasteiger charge is 2.24. The Bertz CT molecular complexity index is 195. The Hall–Kier alpha value is -0.530. The second-order valence-electron chi connectivity index (χ2n) is 5.55. The smallest absolute Gasteiger partial charge is 0.0414 e. The van der Waals surface area contributed by atoms with Crippen molar-refractivity contribution in [3.63, 3.8) is 0 Å². The topological polar surface area (TPSA) is 24.4 Å². The van der Waals surface area contributed by atoms with Gasteiger partial charge in [0.15, 0.2) is 0 Å². The first kappa shape index (κ1) is 11.5. The third-order valence-electron chi connectivity index (χ3n) is 2.79. The van der Waals surface area contributed by atoms with Crippen molar-refractivity contribution < 1.29 is 0 Å². The molecule has 1 rings (SSSR count). The summed E-state index contributed by atoms with van der Waals surface area (Å²) in [6, 6.07) is 0. The van der Waals surface area contributed by atoms with Crippen LogP contribution in [0.5, 0.6) is 0 Å². The SMILES string of the molecule is CN/N=C(\CC(C)(C)C)C1CCCC1. The number of nitrogens with zero attached hydrogens (tertiary/aromatic N) is 1. The molecule has 14 heavy (non-hydrogen) atoms. The van der Waals surface area contributed by atoms with Crippen molar-refractivity contribution in [1.82, 2.24) is 5.43 Å². The fourth-order valence-corrected chi connectivity index (χ4v) is 2.22. The van der Waals surface area contributed by atoms with E-state index in [-0.39, 0.29) is 0 Å². The fraction of sp³-hybridized carbons (Fsp3) is 0.917. The molecular formula is C12H24N2. The Morgan fingerprint density at radius 1 is 1.29 bits per heavy atom. The number of hydrogen-bond acceptors (Lipinski definition) is 2. The van der Waals surface area contributed by atoms with Gasteiger partial charge in [0.1, 0.15) is 0 Å². The minimum atomic E-state index is 0.359. The van der Waals surface area contributed by atoms with Crippen molar-refractivity contribution in [1.29, 1.82) is 0 Å². The first-order valence-electron chi connectivity index (χ1n) is 5.76. The van der Waals surface area contributed by atoms with E-state index < -0.39 is 0 Å². The summed E-state index contributed by atoms with van der Waals surface area (Å²) in [4.78, 5) is 0. The summed E-state index contributed by atoms with van der Waals surface area (Å²) in [6.07, 6.45) is 6.58. The molecule has 1 fully saturated rings. The summed E-state index contributed by atoms with van der Waals surface area (Å²) in [7, 11) is 1.90. The molecule has 0 unspecified atom stereocenters. The highest BCUT2D eigenvalue weighted by Crippen LogP contribution is 2.31. The highest BCUT2D eigenvalue weighted by atomic mass is 15.3. The van der Waals surface area contributed by atoms with Gasteiger partial charge in [-0.2, -0.15) is 5.10 Å². The Morgan fingerprint density at radius 3 is 2.29 bits per heavy atom. The van der Waals surface area contributed by atoms with Crippen molar-refractivity contribution >= 4 is 5.71 Å². The van der Waals surface area contributed by atoms with Gasteiger partial charge in [-0.1, -0.05) is 33.6 Å². The molecule has 1 aliphatic carbocycles. The monoisotopic (exact) mass is 196 g/mol. The number of nitrogens with one attached hydrogen (secondary N) is 1. The Kier molecular flexibility index (Phi) is 3.97. The van der Waals surface area contributed by atoms with E-state index in [9.17, 15) is 0 Å². The van der Waals surface area contributed by atoms with Crippen molar-refractivity contribution in [2.75, 3.05) is 7.05 Å². The Morgan fingerprint density at radius 2 is 1.86 bits per heavy atom. The summed E-state index contributed by atoms with van der Waals surface area (Å²) >= 11 is 0. The third-order valence-corrected chi connectivity index (χ3v) is 2.79. The van der Waals surface area contributed by atoms with Crippen molar-refractivity contribution in [2.24, 2.45) is 16.4 Å². The molecular weight excluding hydrogens is 172 g/mol. The first-order chi connectivity index (χ1) is 6.53. The van der Waals surface area contributed by atoms with E-state index >= 15 is 0 Å². The van der Waals surface area contributed by atoms with Crippen molar-refractivity contribution in [2.45, 2.75) is 52.9 Å². The molecule has 0 heterocycles. The van der Waals surface area contributed by atoms with Gasteiger partial charge >= 0.3 is 0 Å². The highest BCUT2D eigenvalue weighted by molar-refractivity contribution is 5.87. The van der Waals surface area contributed by atoms with E-state index in [0.29, 0.717) is 5.41 Å². The molecule has 0 aromatic rings. The average Bonchev–Trinajstić information content (AvgIpc) is 2.52. The normalized spacial score (nSPS) is 20.1. The molecule has 1 saturated carbocycles. The third kappa shape index (κ3) is 3.69. The van der Waals surface area contributed by atoms with Crippen LogP contribution in [0.3, 0.4) is 0 Å². The van der Waals surface area contributed by atoms with Crippen LogP contribution in [0.2, 0.25) is 0 Å². The Balaban J connectivity index is 2.59. The van der Waals surface area contributed by atoms with Gasteiger partial charge in [-0.05, 0) is 30.6 Å². The fourth-order valence-electron chi connectivity index (χ4n) is 2.22. The van der Waals surface area contributed by atoms with E-state index in [1.807, 2.05) is 7.05 Å². The summed E-state index contributed by atoms with van der Waals surface area (Å²) in [5.74, 6) is 0.752. The van der Waals surface area contributed by atoms with Gasteiger partial charge in [0, 0.05) is 12.8 Å². The largest absolute Gasteiger partial charge is 0.313 e. The minimum absolute atomic E-state index is 0.359. The van der Waals surface area contributed by atoms with Crippen LogP contribution >= 0.6 is 0 Å². The minimum Gasteiger partial charge on any atom is -0.313 e. The van der Waals surface area contributed by atoms with Gasteiger partial charge in [-0.15, -0.1) is 0 Å². The van der Waals surface area contributed by atoms with Gasteiger partial charge in [-0.3, -0.25) is 0 Å². The molecule has 0 spiro atoms. The molecule has 0 radical (unpaired) electrons. The van der Waals surface area contributed by atoms with Gasteiger partial charge in [0.05, 0.1) is 0 Å². The van der Waals surface area contributed by atoms with E-state index in [0.717, 1.165) is 12.3 Å². The molecule has 1 aliphatic rings. The van der Waals surface area contributed by atoms with Gasteiger partial charge in [0.25, 0.3) is 0 Å². The van der Waals surface area contributed by atoms with E-state index in [4.69, 9.17) is 0 Å². The molecule has 0 bridgehead atoms. The predicted octanol–water partition coefficient (Wildman–Crippen LogP) is 3.19. The number of hydrogen-bond donors (Lipinski definition) is 1. The standard InChI is InChI=1S/C12H24N2/c1-12(2,3)9-11(14-13-4)10-7-5-6-8-10/h10,13H,5-9H2,1-4H3/b14-11+. The second kappa shape index (κ2) is 4.81. The molecule has 2 nitrogen and oxygen atoms in total. The van der Waals surface area contributed by atoms with Crippen LogP contribution in [0.25, 0.3) is 0 Å². The number of rotatable bonds is 3. The van der Waals surface area contributed by atoms with Crippen LogP contribution in [0.1, 0.15) is 52.9 Å². The second-order valence-corrected chi connectivity index (χ2v) is 5.55.